The van der Waals surface area contributed by atoms with Crippen molar-refractivity contribution in [2.75, 3.05) is 5.73 Å². The van der Waals surface area contributed by atoms with Crippen molar-refractivity contribution in [3.05, 3.63) is 32.5 Å². The van der Waals surface area contributed by atoms with Crippen molar-refractivity contribution in [2.24, 2.45) is 0 Å². The number of aromatic nitrogens is 1. The molecule has 1 atom stereocenters. The number of nitrogens with one attached hydrogen (secondary N) is 1. The van der Waals surface area contributed by atoms with Crippen LogP contribution < -0.4 is 11.1 Å². The highest BCUT2D eigenvalue weighted by molar-refractivity contribution is 7.16. The topological polar surface area (TPSA) is 88.2 Å². The molecule has 23 heavy (non-hydrogen) atoms. The molecular formula is C16H17N3O2S2. The second-order valence-corrected chi connectivity index (χ2v) is 8.09. The SMILES string of the molecule is CC(C)(O)C#Cc1ccc(C2CC(=O)NCc3nc(N)sc32)s1. The van der Waals surface area contributed by atoms with Gasteiger partial charge in [0.2, 0.25) is 5.91 Å². The molecule has 0 fully saturated rings. The molecule has 7 heteroatoms. The van der Waals surface area contributed by atoms with Crippen LogP contribution in [0.4, 0.5) is 5.13 Å². The highest BCUT2D eigenvalue weighted by Crippen LogP contribution is 2.39. The highest BCUT2D eigenvalue weighted by Gasteiger charge is 2.28. The molecule has 0 radical (unpaired) electrons. The Hall–Kier alpha value is -1.88. The lowest BCUT2D eigenvalue weighted by atomic mass is 10.0. The van der Waals surface area contributed by atoms with E-state index in [1.807, 2.05) is 12.1 Å². The Morgan fingerprint density at radius 3 is 2.96 bits per heavy atom. The van der Waals surface area contributed by atoms with Gasteiger partial charge in [0.15, 0.2) is 5.13 Å². The number of nitrogens with zero attached hydrogens (tertiary/aromatic N) is 1. The molecule has 1 aliphatic heterocycles. The van der Waals surface area contributed by atoms with Gasteiger partial charge in [-0.25, -0.2) is 4.98 Å². The summed E-state index contributed by atoms with van der Waals surface area (Å²) in [6.07, 6.45) is 0.382. The van der Waals surface area contributed by atoms with Gasteiger partial charge < -0.3 is 16.2 Å². The number of anilines is 1. The van der Waals surface area contributed by atoms with Crippen LogP contribution in [0.1, 0.15) is 46.5 Å². The number of amides is 1. The van der Waals surface area contributed by atoms with Gasteiger partial charge in [0.25, 0.3) is 0 Å². The van der Waals surface area contributed by atoms with Crippen LogP contribution in [-0.4, -0.2) is 21.6 Å². The molecule has 3 rings (SSSR count). The molecule has 0 spiro atoms. The second-order valence-electron chi connectivity index (χ2n) is 5.91. The molecule has 5 nitrogen and oxygen atoms in total. The monoisotopic (exact) mass is 347 g/mol. The Morgan fingerprint density at radius 2 is 2.22 bits per heavy atom. The average molecular weight is 347 g/mol. The lowest BCUT2D eigenvalue weighted by Gasteiger charge is -2.10. The van der Waals surface area contributed by atoms with E-state index in [1.165, 1.54) is 22.7 Å². The predicted molar refractivity (Wildman–Crippen MR) is 92.3 cm³/mol. The number of nitrogens with two attached hydrogens (primary N) is 1. The molecule has 1 aliphatic rings. The molecule has 0 aromatic carbocycles. The third-order valence-electron chi connectivity index (χ3n) is 3.36. The zero-order valence-electron chi connectivity index (χ0n) is 12.8. The molecule has 120 valence electrons. The zero-order valence-corrected chi connectivity index (χ0v) is 14.5. The van der Waals surface area contributed by atoms with E-state index in [-0.39, 0.29) is 11.8 Å². The quantitative estimate of drug-likeness (QED) is 0.689. The second kappa shape index (κ2) is 5.96. The summed E-state index contributed by atoms with van der Waals surface area (Å²) in [5.41, 5.74) is 5.66. The maximum absolute atomic E-state index is 12.0. The molecule has 0 aliphatic carbocycles. The number of thiophene rings is 1. The van der Waals surface area contributed by atoms with Crippen molar-refractivity contribution < 1.29 is 9.90 Å². The number of aliphatic hydroxyl groups is 1. The summed E-state index contributed by atoms with van der Waals surface area (Å²) in [4.78, 5) is 19.3. The fourth-order valence-corrected chi connectivity index (χ4v) is 4.38. The standard InChI is InChI=1S/C16H17N3O2S2/c1-16(2,21)6-5-9-3-4-12(22-9)10-7-13(20)18-8-11-14(10)23-15(17)19-11/h3-4,10,21H,7-8H2,1-2H3,(H2,17,19)(H,18,20). The van der Waals surface area contributed by atoms with E-state index in [4.69, 9.17) is 5.73 Å². The molecule has 0 saturated carbocycles. The van der Waals surface area contributed by atoms with Gasteiger partial charge >= 0.3 is 0 Å². The Kier molecular flexibility index (Phi) is 4.15. The molecule has 2 aromatic rings. The van der Waals surface area contributed by atoms with Gasteiger partial charge in [-0.15, -0.1) is 22.7 Å². The van der Waals surface area contributed by atoms with E-state index in [0.717, 1.165) is 20.3 Å². The van der Waals surface area contributed by atoms with Crippen molar-refractivity contribution in [3.63, 3.8) is 0 Å². The number of hydrogen-bond donors (Lipinski definition) is 3. The van der Waals surface area contributed by atoms with E-state index in [0.29, 0.717) is 18.1 Å². The number of hydrogen-bond acceptors (Lipinski definition) is 6. The summed E-state index contributed by atoms with van der Waals surface area (Å²) < 4.78 is 0. The number of fused-ring (bicyclic) bond motifs is 1. The molecule has 0 saturated heterocycles. The minimum Gasteiger partial charge on any atom is -0.378 e. The maximum atomic E-state index is 12.0. The molecule has 2 aromatic heterocycles. The largest absolute Gasteiger partial charge is 0.378 e. The zero-order chi connectivity index (χ0) is 16.6. The van der Waals surface area contributed by atoms with E-state index in [2.05, 4.69) is 22.1 Å². The smallest absolute Gasteiger partial charge is 0.221 e. The Balaban J connectivity index is 1.95. The van der Waals surface area contributed by atoms with Gasteiger partial charge in [0, 0.05) is 22.1 Å². The summed E-state index contributed by atoms with van der Waals surface area (Å²) in [6.45, 7) is 3.72. The van der Waals surface area contributed by atoms with E-state index in [9.17, 15) is 9.90 Å². The van der Waals surface area contributed by atoms with Gasteiger partial charge in [0.1, 0.15) is 5.60 Å². The Labute approximate surface area is 142 Å². The van der Waals surface area contributed by atoms with Crippen molar-refractivity contribution in [1.29, 1.82) is 0 Å². The number of rotatable bonds is 1. The molecule has 0 bridgehead atoms. The third-order valence-corrected chi connectivity index (χ3v) is 5.52. The van der Waals surface area contributed by atoms with Gasteiger partial charge in [-0.1, -0.05) is 11.8 Å². The number of carbonyl (C=O) groups is 1. The summed E-state index contributed by atoms with van der Waals surface area (Å²) in [5, 5.41) is 13.1. The fraction of sp³-hybridized carbons (Fsp3) is 0.375. The van der Waals surface area contributed by atoms with Crippen LogP contribution in [0.15, 0.2) is 12.1 Å². The summed E-state index contributed by atoms with van der Waals surface area (Å²) in [6, 6.07) is 3.91. The summed E-state index contributed by atoms with van der Waals surface area (Å²) in [7, 11) is 0. The molecular weight excluding hydrogens is 330 g/mol. The first kappa shape index (κ1) is 16.0. The van der Waals surface area contributed by atoms with Crippen LogP contribution in [-0.2, 0) is 11.3 Å². The Morgan fingerprint density at radius 1 is 1.43 bits per heavy atom. The van der Waals surface area contributed by atoms with E-state index < -0.39 is 5.60 Å². The first-order valence-corrected chi connectivity index (χ1v) is 8.82. The van der Waals surface area contributed by atoms with Crippen molar-refractivity contribution in [3.8, 4) is 11.8 Å². The van der Waals surface area contributed by atoms with Crippen molar-refractivity contribution in [1.82, 2.24) is 10.3 Å². The van der Waals surface area contributed by atoms with Gasteiger partial charge in [-0.2, -0.15) is 0 Å². The van der Waals surface area contributed by atoms with E-state index >= 15 is 0 Å². The van der Waals surface area contributed by atoms with Gasteiger partial charge in [0.05, 0.1) is 17.1 Å². The fourth-order valence-electron chi connectivity index (χ4n) is 2.37. The molecule has 1 amide bonds. The van der Waals surface area contributed by atoms with Gasteiger partial charge in [-0.3, -0.25) is 4.79 Å². The number of thiazole rings is 1. The van der Waals surface area contributed by atoms with Crippen LogP contribution >= 0.6 is 22.7 Å². The Bertz CT molecular complexity index is 805. The maximum Gasteiger partial charge on any atom is 0.221 e. The first-order valence-electron chi connectivity index (χ1n) is 7.19. The molecule has 4 N–H and O–H groups in total. The van der Waals surface area contributed by atoms with Crippen LogP contribution in [0.25, 0.3) is 0 Å². The molecule has 3 heterocycles. The van der Waals surface area contributed by atoms with Crippen molar-refractivity contribution >= 4 is 33.7 Å². The average Bonchev–Trinajstić information content (AvgIpc) is 3.03. The number of carbonyl (C=O) groups excluding carboxylic acids is 1. The first-order chi connectivity index (χ1) is 10.8. The van der Waals surface area contributed by atoms with Crippen LogP contribution in [0.3, 0.4) is 0 Å². The van der Waals surface area contributed by atoms with Crippen LogP contribution in [0, 0.1) is 11.8 Å². The third kappa shape index (κ3) is 3.72. The van der Waals surface area contributed by atoms with Crippen molar-refractivity contribution in [2.45, 2.75) is 38.3 Å². The minimum atomic E-state index is -1.02. The summed E-state index contributed by atoms with van der Waals surface area (Å²) >= 11 is 2.98. The highest BCUT2D eigenvalue weighted by atomic mass is 32.1. The van der Waals surface area contributed by atoms with Crippen LogP contribution in [0.5, 0.6) is 0 Å². The van der Waals surface area contributed by atoms with E-state index in [1.54, 1.807) is 13.8 Å². The van der Waals surface area contributed by atoms with Crippen LogP contribution in [0.2, 0.25) is 0 Å². The lowest BCUT2D eigenvalue weighted by Crippen LogP contribution is -2.21. The molecule has 1 unspecified atom stereocenters. The lowest BCUT2D eigenvalue weighted by molar-refractivity contribution is -0.121. The van der Waals surface area contributed by atoms with Gasteiger partial charge in [-0.05, 0) is 26.0 Å². The summed E-state index contributed by atoms with van der Waals surface area (Å²) in [5.74, 6) is 5.76. The number of nitrogen functional groups attached to an aromatic ring is 1. The minimum absolute atomic E-state index is 0.0105. The normalized spacial score (nSPS) is 17.7. The predicted octanol–water partition coefficient (Wildman–Crippen LogP) is 2.06.